The highest BCUT2D eigenvalue weighted by atomic mass is 16.5. The van der Waals surface area contributed by atoms with Gasteiger partial charge in [0.2, 0.25) is 11.8 Å². The summed E-state index contributed by atoms with van der Waals surface area (Å²) in [5.41, 5.74) is 1.08. The first-order valence-electron chi connectivity index (χ1n) is 7.95. The second-order valence-electron chi connectivity index (χ2n) is 5.91. The lowest BCUT2D eigenvalue weighted by atomic mass is 9.95. The van der Waals surface area contributed by atoms with Crippen LogP contribution in [0.4, 0.5) is 0 Å². The molecule has 1 N–H and O–H groups in total. The monoisotopic (exact) mass is 302 g/mol. The zero-order valence-electron chi connectivity index (χ0n) is 12.7. The Morgan fingerprint density at radius 3 is 2.68 bits per heavy atom. The van der Waals surface area contributed by atoms with E-state index in [2.05, 4.69) is 5.32 Å². The van der Waals surface area contributed by atoms with E-state index in [-0.39, 0.29) is 17.7 Å². The van der Waals surface area contributed by atoms with E-state index < -0.39 is 6.04 Å². The Morgan fingerprint density at radius 2 is 1.95 bits per heavy atom. The lowest BCUT2D eigenvalue weighted by Gasteiger charge is -2.38. The number of amides is 2. The van der Waals surface area contributed by atoms with E-state index in [0.717, 1.165) is 18.4 Å². The zero-order chi connectivity index (χ0) is 15.4. The predicted octanol–water partition coefficient (Wildman–Crippen LogP) is 0.983. The summed E-state index contributed by atoms with van der Waals surface area (Å²) in [5.74, 6) is 0.0625. The number of piperazine rings is 1. The molecule has 0 radical (unpaired) electrons. The molecule has 1 atom stereocenters. The molecule has 118 valence electrons. The fourth-order valence-electron chi connectivity index (χ4n) is 3.20. The van der Waals surface area contributed by atoms with Crippen LogP contribution in [0.3, 0.4) is 0 Å². The Balaban J connectivity index is 1.74. The lowest BCUT2D eigenvalue weighted by Crippen LogP contribution is -2.59. The van der Waals surface area contributed by atoms with Crippen LogP contribution < -0.4 is 5.32 Å². The van der Waals surface area contributed by atoms with Crippen molar-refractivity contribution >= 4 is 11.8 Å². The minimum atomic E-state index is -0.397. The van der Waals surface area contributed by atoms with Crippen molar-refractivity contribution in [2.24, 2.45) is 5.92 Å². The van der Waals surface area contributed by atoms with Crippen molar-refractivity contribution in [1.82, 2.24) is 10.2 Å². The fourth-order valence-corrected chi connectivity index (χ4v) is 3.20. The van der Waals surface area contributed by atoms with Crippen molar-refractivity contribution in [1.29, 1.82) is 0 Å². The van der Waals surface area contributed by atoms with Crippen LogP contribution in [0.1, 0.15) is 18.4 Å². The van der Waals surface area contributed by atoms with Crippen LogP contribution in [-0.4, -0.2) is 49.1 Å². The van der Waals surface area contributed by atoms with Gasteiger partial charge in [-0.05, 0) is 18.4 Å². The van der Waals surface area contributed by atoms with Gasteiger partial charge in [0, 0.05) is 38.6 Å². The van der Waals surface area contributed by atoms with Crippen LogP contribution in [0.15, 0.2) is 30.3 Å². The average Bonchev–Trinajstić information content (AvgIpc) is 2.58. The standard InChI is InChI=1S/C17H22N2O3/c20-16-15(12-13-4-2-1-3-5-13)19(9-8-18-16)17(21)14-6-10-22-11-7-14/h1-5,14-15H,6-12H2,(H,18,20). The summed E-state index contributed by atoms with van der Waals surface area (Å²) in [6.45, 7) is 2.41. The van der Waals surface area contributed by atoms with E-state index in [1.54, 1.807) is 4.90 Å². The smallest absolute Gasteiger partial charge is 0.243 e. The van der Waals surface area contributed by atoms with Crippen LogP contribution in [0, 0.1) is 5.92 Å². The number of rotatable bonds is 3. The van der Waals surface area contributed by atoms with Gasteiger partial charge in [0.15, 0.2) is 0 Å². The molecular weight excluding hydrogens is 280 g/mol. The molecule has 3 rings (SSSR count). The summed E-state index contributed by atoms with van der Waals surface area (Å²) < 4.78 is 5.33. The van der Waals surface area contributed by atoms with Gasteiger partial charge in [-0.2, -0.15) is 0 Å². The first-order valence-corrected chi connectivity index (χ1v) is 7.95. The molecular formula is C17H22N2O3. The molecule has 0 aromatic heterocycles. The van der Waals surface area contributed by atoms with E-state index in [4.69, 9.17) is 4.74 Å². The summed E-state index contributed by atoms with van der Waals surface area (Å²) in [7, 11) is 0. The molecule has 22 heavy (non-hydrogen) atoms. The third kappa shape index (κ3) is 3.30. The third-order valence-corrected chi connectivity index (χ3v) is 4.46. The van der Waals surface area contributed by atoms with E-state index >= 15 is 0 Å². The number of nitrogens with zero attached hydrogens (tertiary/aromatic N) is 1. The Morgan fingerprint density at radius 1 is 1.23 bits per heavy atom. The number of benzene rings is 1. The maximum Gasteiger partial charge on any atom is 0.243 e. The van der Waals surface area contributed by atoms with E-state index in [1.807, 2.05) is 30.3 Å². The highest BCUT2D eigenvalue weighted by Crippen LogP contribution is 2.21. The van der Waals surface area contributed by atoms with Crippen molar-refractivity contribution < 1.29 is 14.3 Å². The molecule has 2 saturated heterocycles. The second kappa shape index (κ2) is 6.92. The van der Waals surface area contributed by atoms with E-state index in [0.29, 0.717) is 32.7 Å². The van der Waals surface area contributed by atoms with Crippen molar-refractivity contribution in [3.8, 4) is 0 Å². The Labute approximate surface area is 130 Å². The number of hydrogen-bond donors (Lipinski definition) is 1. The number of hydrogen-bond acceptors (Lipinski definition) is 3. The molecule has 5 nitrogen and oxygen atoms in total. The largest absolute Gasteiger partial charge is 0.381 e. The van der Waals surface area contributed by atoms with Crippen LogP contribution in [0.25, 0.3) is 0 Å². The third-order valence-electron chi connectivity index (χ3n) is 4.46. The molecule has 0 saturated carbocycles. The van der Waals surface area contributed by atoms with E-state index in [9.17, 15) is 9.59 Å². The van der Waals surface area contributed by atoms with Crippen LogP contribution in [0.2, 0.25) is 0 Å². The van der Waals surface area contributed by atoms with Crippen molar-refractivity contribution in [2.75, 3.05) is 26.3 Å². The Kier molecular flexibility index (Phi) is 4.73. The first-order chi connectivity index (χ1) is 10.8. The van der Waals surface area contributed by atoms with Gasteiger partial charge < -0.3 is 15.0 Å². The first kappa shape index (κ1) is 15.0. The van der Waals surface area contributed by atoms with Gasteiger partial charge in [0.05, 0.1) is 0 Å². The molecule has 2 heterocycles. The molecule has 0 spiro atoms. The minimum absolute atomic E-state index is 0.00192. The molecule has 1 unspecified atom stereocenters. The molecule has 0 aliphatic carbocycles. The SMILES string of the molecule is O=C1NCCN(C(=O)C2CCOCC2)C1Cc1ccccc1. The number of carbonyl (C=O) groups is 2. The van der Waals surface area contributed by atoms with Gasteiger partial charge in [-0.15, -0.1) is 0 Å². The van der Waals surface area contributed by atoms with Gasteiger partial charge in [0.25, 0.3) is 0 Å². The lowest BCUT2D eigenvalue weighted by molar-refractivity contribution is -0.148. The molecule has 1 aromatic carbocycles. The van der Waals surface area contributed by atoms with Gasteiger partial charge in [0.1, 0.15) is 6.04 Å². The highest BCUT2D eigenvalue weighted by Gasteiger charge is 2.36. The molecule has 2 aliphatic heterocycles. The topological polar surface area (TPSA) is 58.6 Å². The van der Waals surface area contributed by atoms with Crippen LogP contribution >= 0.6 is 0 Å². The normalized spacial score (nSPS) is 23.2. The summed E-state index contributed by atoms with van der Waals surface area (Å²) in [4.78, 5) is 26.8. The quantitative estimate of drug-likeness (QED) is 0.905. The molecule has 2 aliphatic rings. The average molecular weight is 302 g/mol. The van der Waals surface area contributed by atoms with Crippen molar-refractivity contribution in [2.45, 2.75) is 25.3 Å². The van der Waals surface area contributed by atoms with E-state index in [1.165, 1.54) is 0 Å². The van der Waals surface area contributed by atoms with Crippen LogP contribution in [-0.2, 0) is 20.7 Å². The predicted molar refractivity (Wildman–Crippen MR) is 82.2 cm³/mol. The summed E-state index contributed by atoms with van der Waals surface area (Å²) in [5, 5.41) is 2.88. The highest BCUT2D eigenvalue weighted by molar-refractivity contribution is 5.90. The van der Waals surface area contributed by atoms with Crippen molar-refractivity contribution in [3.05, 3.63) is 35.9 Å². The fraction of sp³-hybridized carbons (Fsp3) is 0.529. The Hall–Kier alpha value is -1.88. The summed E-state index contributed by atoms with van der Waals surface area (Å²) in [6, 6.07) is 9.47. The zero-order valence-corrected chi connectivity index (χ0v) is 12.7. The molecule has 2 amide bonds. The van der Waals surface area contributed by atoms with Gasteiger partial charge in [-0.3, -0.25) is 9.59 Å². The van der Waals surface area contributed by atoms with Gasteiger partial charge in [-0.1, -0.05) is 30.3 Å². The number of nitrogens with one attached hydrogen (secondary N) is 1. The number of carbonyl (C=O) groups excluding carboxylic acids is 2. The Bertz CT molecular complexity index is 526. The molecule has 1 aromatic rings. The number of ether oxygens (including phenoxy) is 1. The van der Waals surface area contributed by atoms with Gasteiger partial charge >= 0.3 is 0 Å². The molecule has 5 heteroatoms. The van der Waals surface area contributed by atoms with Crippen LogP contribution in [0.5, 0.6) is 0 Å². The van der Waals surface area contributed by atoms with Crippen molar-refractivity contribution in [3.63, 3.8) is 0 Å². The van der Waals surface area contributed by atoms with Gasteiger partial charge in [-0.25, -0.2) is 0 Å². The second-order valence-corrected chi connectivity index (χ2v) is 5.91. The minimum Gasteiger partial charge on any atom is -0.381 e. The maximum atomic E-state index is 12.8. The maximum absolute atomic E-state index is 12.8. The molecule has 0 bridgehead atoms. The summed E-state index contributed by atoms with van der Waals surface area (Å²) >= 11 is 0. The summed E-state index contributed by atoms with van der Waals surface area (Å²) in [6.07, 6.45) is 2.09. The molecule has 2 fully saturated rings.